The van der Waals surface area contributed by atoms with Crippen LogP contribution >= 0.6 is 0 Å². The second-order valence-corrected chi connectivity index (χ2v) is 7.80. The van der Waals surface area contributed by atoms with Crippen molar-refractivity contribution in [3.63, 3.8) is 0 Å². The van der Waals surface area contributed by atoms with E-state index in [2.05, 4.69) is 15.6 Å². The van der Waals surface area contributed by atoms with Crippen molar-refractivity contribution in [1.82, 2.24) is 9.55 Å². The Morgan fingerprint density at radius 2 is 1.73 bits per heavy atom. The molecule has 2 heterocycles. The van der Waals surface area contributed by atoms with Crippen molar-refractivity contribution in [2.45, 2.75) is 19.1 Å². The summed E-state index contributed by atoms with van der Waals surface area (Å²) in [6.07, 6.45) is -4.50. The van der Waals surface area contributed by atoms with Gasteiger partial charge in [0.1, 0.15) is 0 Å². The van der Waals surface area contributed by atoms with E-state index in [0.29, 0.717) is 17.2 Å². The van der Waals surface area contributed by atoms with Crippen molar-refractivity contribution in [3.8, 4) is 0 Å². The van der Waals surface area contributed by atoms with Crippen LogP contribution in [0.25, 0.3) is 11.0 Å². The number of alkyl halides is 3. The molecular weight excluding hydrogens is 429 g/mol. The number of rotatable bonds is 3. The SMILES string of the molecule is CC1=C(C(=O)Nc2cccc(C(F)(F)F)c2)C(c2ccccc2)n2c(nc3ccccc32)N1. The number of carbonyl (C=O) groups excluding carboxylic acids is 1. The number of fused-ring (bicyclic) bond motifs is 3. The zero-order chi connectivity index (χ0) is 23.2. The molecule has 3 aromatic carbocycles. The fraction of sp³-hybridized carbons (Fsp3) is 0.120. The predicted octanol–water partition coefficient (Wildman–Crippen LogP) is 5.98. The molecule has 1 unspecified atom stereocenters. The van der Waals surface area contributed by atoms with Crippen LogP contribution in [0.15, 0.2) is 90.1 Å². The lowest BCUT2D eigenvalue weighted by atomic mass is 9.94. The van der Waals surface area contributed by atoms with Gasteiger partial charge in [-0.3, -0.25) is 9.36 Å². The van der Waals surface area contributed by atoms with Crippen LogP contribution in [0.3, 0.4) is 0 Å². The first-order chi connectivity index (χ1) is 15.8. The summed E-state index contributed by atoms with van der Waals surface area (Å²) in [5.41, 5.74) is 2.69. The highest BCUT2D eigenvalue weighted by atomic mass is 19.4. The molecule has 5 rings (SSSR count). The number of nitrogens with one attached hydrogen (secondary N) is 2. The number of halogens is 3. The third kappa shape index (κ3) is 3.73. The van der Waals surface area contributed by atoms with Gasteiger partial charge in [-0.05, 0) is 42.8 Å². The van der Waals surface area contributed by atoms with Crippen LogP contribution in [0, 0.1) is 0 Å². The molecule has 0 fully saturated rings. The van der Waals surface area contributed by atoms with Gasteiger partial charge in [0.25, 0.3) is 5.91 Å². The van der Waals surface area contributed by atoms with E-state index in [0.717, 1.165) is 28.7 Å². The van der Waals surface area contributed by atoms with E-state index in [1.165, 1.54) is 12.1 Å². The first kappa shape index (κ1) is 20.8. The standard InChI is InChI=1S/C25H19F3N4O/c1-15-21(23(33)30-18-11-7-10-17(14-18)25(26,27)28)22(16-8-3-2-4-9-16)32-20-13-6-5-12-19(20)31-24(32)29-15/h2-14,22H,1H3,(H,29,31)(H,30,33). The summed E-state index contributed by atoms with van der Waals surface area (Å²) < 4.78 is 41.4. The number of hydrogen-bond donors (Lipinski definition) is 2. The summed E-state index contributed by atoms with van der Waals surface area (Å²) >= 11 is 0. The molecule has 1 aliphatic heterocycles. The van der Waals surface area contributed by atoms with Crippen LogP contribution in [-0.2, 0) is 11.0 Å². The molecule has 4 aromatic rings. The van der Waals surface area contributed by atoms with Gasteiger partial charge in [0.15, 0.2) is 0 Å². The summed E-state index contributed by atoms with van der Waals surface area (Å²) in [4.78, 5) is 18.1. The first-order valence-electron chi connectivity index (χ1n) is 10.3. The lowest BCUT2D eigenvalue weighted by Crippen LogP contribution is -2.31. The second kappa shape index (κ2) is 7.81. The van der Waals surface area contributed by atoms with Crippen molar-refractivity contribution in [1.29, 1.82) is 0 Å². The highest BCUT2D eigenvalue weighted by Crippen LogP contribution is 2.39. The Morgan fingerprint density at radius 1 is 1.00 bits per heavy atom. The van der Waals surface area contributed by atoms with E-state index in [9.17, 15) is 18.0 Å². The quantitative estimate of drug-likeness (QED) is 0.405. The number of anilines is 2. The summed E-state index contributed by atoms with van der Waals surface area (Å²) in [5.74, 6) is 0.106. The first-order valence-corrected chi connectivity index (χ1v) is 10.3. The van der Waals surface area contributed by atoms with Gasteiger partial charge in [0, 0.05) is 11.4 Å². The fourth-order valence-corrected chi connectivity index (χ4v) is 4.18. The molecule has 0 saturated heterocycles. The van der Waals surface area contributed by atoms with E-state index in [-0.39, 0.29) is 5.69 Å². The van der Waals surface area contributed by atoms with E-state index in [4.69, 9.17) is 0 Å². The van der Waals surface area contributed by atoms with E-state index in [1.54, 1.807) is 6.92 Å². The van der Waals surface area contributed by atoms with Crippen LogP contribution in [0.4, 0.5) is 24.8 Å². The number of nitrogens with zero attached hydrogens (tertiary/aromatic N) is 2. The molecule has 0 radical (unpaired) electrons. The van der Waals surface area contributed by atoms with Crippen molar-refractivity contribution in [2.24, 2.45) is 0 Å². The number of imidazole rings is 1. The number of para-hydroxylation sites is 2. The number of aromatic nitrogens is 2. The molecule has 0 bridgehead atoms. The minimum atomic E-state index is -4.50. The molecule has 166 valence electrons. The Labute approximate surface area is 187 Å². The maximum atomic E-state index is 13.5. The molecule has 1 aliphatic rings. The predicted molar refractivity (Wildman–Crippen MR) is 121 cm³/mol. The van der Waals surface area contributed by atoms with Crippen LogP contribution in [0.5, 0.6) is 0 Å². The highest BCUT2D eigenvalue weighted by molar-refractivity contribution is 6.06. The molecule has 1 amide bonds. The smallest absolute Gasteiger partial charge is 0.329 e. The second-order valence-electron chi connectivity index (χ2n) is 7.80. The molecule has 33 heavy (non-hydrogen) atoms. The van der Waals surface area contributed by atoms with Gasteiger partial charge in [0.05, 0.1) is 28.2 Å². The highest BCUT2D eigenvalue weighted by Gasteiger charge is 2.35. The summed E-state index contributed by atoms with van der Waals surface area (Å²) in [6.45, 7) is 1.76. The van der Waals surface area contributed by atoms with E-state index in [1.807, 2.05) is 59.2 Å². The largest absolute Gasteiger partial charge is 0.416 e. The van der Waals surface area contributed by atoms with Crippen LogP contribution in [-0.4, -0.2) is 15.5 Å². The zero-order valence-corrected chi connectivity index (χ0v) is 17.5. The van der Waals surface area contributed by atoms with Gasteiger partial charge >= 0.3 is 6.18 Å². The van der Waals surface area contributed by atoms with Crippen molar-refractivity contribution < 1.29 is 18.0 Å². The molecule has 8 heteroatoms. The van der Waals surface area contributed by atoms with E-state index >= 15 is 0 Å². The van der Waals surface area contributed by atoms with Gasteiger partial charge in [-0.1, -0.05) is 48.5 Å². The fourth-order valence-electron chi connectivity index (χ4n) is 4.18. The van der Waals surface area contributed by atoms with Crippen molar-refractivity contribution in [2.75, 3.05) is 10.6 Å². The lowest BCUT2D eigenvalue weighted by molar-refractivity contribution is -0.137. The van der Waals surface area contributed by atoms with Crippen LogP contribution in [0.1, 0.15) is 24.1 Å². The zero-order valence-electron chi connectivity index (χ0n) is 17.5. The van der Waals surface area contributed by atoms with Crippen LogP contribution in [0.2, 0.25) is 0 Å². The van der Waals surface area contributed by atoms with Gasteiger partial charge < -0.3 is 10.6 Å². The average Bonchev–Trinajstić information content (AvgIpc) is 3.16. The summed E-state index contributed by atoms with van der Waals surface area (Å²) in [5, 5.41) is 5.85. The number of hydrogen-bond acceptors (Lipinski definition) is 3. The number of carbonyl (C=O) groups is 1. The summed E-state index contributed by atoms with van der Waals surface area (Å²) in [7, 11) is 0. The minimum Gasteiger partial charge on any atom is -0.329 e. The third-order valence-corrected chi connectivity index (χ3v) is 5.64. The van der Waals surface area contributed by atoms with Gasteiger partial charge in [-0.25, -0.2) is 4.98 Å². The minimum absolute atomic E-state index is 0.0724. The van der Waals surface area contributed by atoms with E-state index < -0.39 is 23.7 Å². The van der Waals surface area contributed by atoms with Gasteiger partial charge in [-0.15, -0.1) is 0 Å². The molecule has 0 spiro atoms. The number of amides is 1. The summed E-state index contributed by atoms with van der Waals surface area (Å²) in [6, 6.07) is 21.2. The van der Waals surface area contributed by atoms with Crippen LogP contribution < -0.4 is 10.6 Å². The Bertz CT molecular complexity index is 1390. The number of benzene rings is 3. The Kier molecular flexibility index (Phi) is 4.92. The average molecular weight is 448 g/mol. The topological polar surface area (TPSA) is 59.0 Å². The Balaban J connectivity index is 1.60. The van der Waals surface area contributed by atoms with Gasteiger partial charge in [0.2, 0.25) is 5.95 Å². The maximum absolute atomic E-state index is 13.5. The monoisotopic (exact) mass is 448 g/mol. The Hall–Kier alpha value is -4.07. The maximum Gasteiger partial charge on any atom is 0.416 e. The Morgan fingerprint density at radius 3 is 2.48 bits per heavy atom. The molecule has 5 nitrogen and oxygen atoms in total. The van der Waals surface area contributed by atoms with Gasteiger partial charge in [-0.2, -0.15) is 13.2 Å². The molecular formula is C25H19F3N4O. The third-order valence-electron chi connectivity index (χ3n) is 5.64. The normalized spacial score (nSPS) is 15.8. The lowest BCUT2D eigenvalue weighted by Gasteiger charge is -2.30. The number of allylic oxidation sites excluding steroid dienone is 1. The van der Waals surface area contributed by atoms with Crippen molar-refractivity contribution >= 4 is 28.6 Å². The molecule has 1 aromatic heterocycles. The van der Waals surface area contributed by atoms with Crippen molar-refractivity contribution in [3.05, 3.63) is 101 Å². The molecule has 0 saturated carbocycles. The molecule has 0 aliphatic carbocycles. The molecule has 1 atom stereocenters. The molecule has 2 N–H and O–H groups in total.